The van der Waals surface area contributed by atoms with Gasteiger partial charge in [0.05, 0.1) is 0 Å². The Morgan fingerprint density at radius 2 is 2.16 bits per heavy atom. The van der Waals surface area contributed by atoms with E-state index in [0.717, 1.165) is 61.5 Å². The molecule has 25 heavy (non-hydrogen) atoms. The summed E-state index contributed by atoms with van der Waals surface area (Å²) in [6.07, 6.45) is 8.41. The van der Waals surface area contributed by atoms with Crippen LogP contribution in [0, 0.1) is 6.92 Å². The van der Waals surface area contributed by atoms with Crippen LogP contribution in [0.1, 0.15) is 35.8 Å². The third-order valence-electron chi connectivity index (χ3n) is 4.28. The first-order valence-electron chi connectivity index (χ1n) is 8.63. The third kappa shape index (κ3) is 3.50. The van der Waals surface area contributed by atoms with Crippen LogP contribution in [-0.2, 0) is 19.3 Å². The highest BCUT2D eigenvalue weighted by atomic mass is 16.5. The predicted octanol–water partition coefficient (Wildman–Crippen LogP) is 2.76. The van der Waals surface area contributed by atoms with Crippen molar-refractivity contribution in [3.8, 4) is 11.4 Å². The molecule has 3 aromatic rings. The molecule has 0 radical (unpaired) electrons. The Hall–Kier alpha value is -2.83. The van der Waals surface area contributed by atoms with E-state index in [0.29, 0.717) is 11.7 Å². The predicted molar refractivity (Wildman–Crippen MR) is 93.1 cm³/mol. The zero-order valence-corrected chi connectivity index (χ0v) is 14.2. The second kappa shape index (κ2) is 6.96. The van der Waals surface area contributed by atoms with Gasteiger partial charge in [-0.3, -0.25) is 4.98 Å². The number of fused-ring (bicyclic) bond motifs is 1. The Morgan fingerprint density at radius 3 is 2.96 bits per heavy atom. The Bertz CT molecular complexity index is 861. The van der Waals surface area contributed by atoms with Crippen molar-refractivity contribution in [2.45, 2.75) is 39.0 Å². The second-order valence-corrected chi connectivity index (χ2v) is 6.18. The lowest BCUT2D eigenvalue weighted by molar-refractivity contribution is 0.373. The lowest BCUT2D eigenvalue weighted by atomic mass is 10.2. The number of aryl methyl sites for hydroxylation is 3. The Labute approximate surface area is 145 Å². The summed E-state index contributed by atoms with van der Waals surface area (Å²) in [5, 5.41) is 7.28. The molecule has 0 aliphatic heterocycles. The summed E-state index contributed by atoms with van der Waals surface area (Å²) in [5.41, 5.74) is 3.35. The highest BCUT2D eigenvalue weighted by molar-refractivity contribution is 5.59. The summed E-state index contributed by atoms with van der Waals surface area (Å²) in [5.74, 6) is 3.05. The first-order valence-corrected chi connectivity index (χ1v) is 8.63. The molecule has 0 atom stereocenters. The summed E-state index contributed by atoms with van der Waals surface area (Å²) < 4.78 is 5.15. The Morgan fingerprint density at radius 1 is 1.20 bits per heavy atom. The minimum atomic E-state index is 0.678. The fourth-order valence-corrected chi connectivity index (χ4v) is 3.09. The lowest BCUT2D eigenvalue weighted by Gasteiger charge is -2.12. The van der Waals surface area contributed by atoms with Crippen molar-refractivity contribution < 1.29 is 4.52 Å². The molecule has 0 unspecified atom stereocenters. The van der Waals surface area contributed by atoms with Crippen molar-refractivity contribution in [3.63, 3.8) is 0 Å². The summed E-state index contributed by atoms with van der Waals surface area (Å²) in [6, 6.07) is 3.90. The first-order chi connectivity index (χ1) is 12.3. The largest absolute Gasteiger partial charge is 0.370 e. The van der Waals surface area contributed by atoms with E-state index in [9.17, 15) is 0 Å². The second-order valence-electron chi connectivity index (χ2n) is 6.18. The molecule has 128 valence electrons. The van der Waals surface area contributed by atoms with Crippen LogP contribution in [0.4, 0.5) is 5.82 Å². The monoisotopic (exact) mass is 336 g/mol. The van der Waals surface area contributed by atoms with E-state index >= 15 is 0 Å². The maximum atomic E-state index is 5.15. The van der Waals surface area contributed by atoms with E-state index in [1.807, 2.05) is 19.1 Å². The third-order valence-corrected chi connectivity index (χ3v) is 4.28. The minimum Gasteiger partial charge on any atom is -0.370 e. The SMILES string of the molecule is Cc1noc(CCCNc2nc(-c3cccnc3)nc3c2CCC3)n1. The molecular weight excluding hydrogens is 316 g/mol. The molecule has 0 saturated heterocycles. The number of nitrogens with one attached hydrogen (secondary N) is 1. The van der Waals surface area contributed by atoms with Crippen molar-refractivity contribution in [1.82, 2.24) is 25.1 Å². The standard InChI is InChI=1S/C18H20N6O/c1-12-21-16(25-24-12)8-4-10-20-18-14-6-2-7-15(14)22-17(23-18)13-5-3-9-19-11-13/h3,5,9,11H,2,4,6-8,10H2,1H3,(H,20,22,23). The number of rotatable bonds is 6. The molecule has 0 bridgehead atoms. The van der Waals surface area contributed by atoms with Gasteiger partial charge in [0.15, 0.2) is 11.6 Å². The fourth-order valence-electron chi connectivity index (χ4n) is 3.09. The van der Waals surface area contributed by atoms with Crippen LogP contribution in [-0.4, -0.2) is 31.6 Å². The van der Waals surface area contributed by atoms with Gasteiger partial charge in [0.1, 0.15) is 5.82 Å². The highest BCUT2D eigenvalue weighted by Crippen LogP contribution is 2.29. The molecule has 0 spiro atoms. The number of anilines is 1. The normalized spacial score (nSPS) is 13.0. The molecule has 0 fully saturated rings. The van der Waals surface area contributed by atoms with Crippen molar-refractivity contribution in [1.29, 1.82) is 0 Å². The molecule has 7 nitrogen and oxygen atoms in total. The van der Waals surface area contributed by atoms with E-state index in [1.54, 1.807) is 12.4 Å². The average molecular weight is 336 g/mol. The van der Waals surface area contributed by atoms with Gasteiger partial charge in [-0.05, 0) is 44.7 Å². The van der Waals surface area contributed by atoms with Gasteiger partial charge in [0, 0.05) is 42.2 Å². The number of pyridine rings is 1. The average Bonchev–Trinajstić information content (AvgIpc) is 3.28. The smallest absolute Gasteiger partial charge is 0.226 e. The molecule has 0 saturated carbocycles. The van der Waals surface area contributed by atoms with Crippen LogP contribution in [0.15, 0.2) is 29.0 Å². The molecule has 0 aromatic carbocycles. The fraction of sp³-hybridized carbons (Fsp3) is 0.389. The number of hydrogen-bond donors (Lipinski definition) is 1. The Kier molecular flexibility index (Phi) is 4.37. The van der Waals surface area contributed by atoms with Gasteiger partial charge in [0.2, 0.25) is 5.89 Å². The van der Waals surface area contributed by atoms with Crippen LogP contribution in [0.5, 0.6) is 0 Å². The van der Waals surface area contributed by atoms with E-state index in [2.05, 4.69) is 20.4 Å². The van der Waals surface area contributed by atoms with Gasteiger partial charge in [0.25, 0.3) is 0 Å². The topological polar surface area (TPSA) is 89.6 Å². The minimum absolute atomic E-state index is 0.678. The summed E-state index contributed by atoms with van der Waals surface area (Å²) >= 11 is 0. The van der Waals surface area contributed by atoms with E-state index in [4.69, 9.17) is 14.5 Å². The van der Waals surface area contributed by atoms with Crippen LogP contribution in [0.2, 0.25) is 0 Å². The molecule has 4 rings (SSSR count). The molecule has 0 amide bonds. The van der Waals surface area contributed by atoms with Crippen molar-refractivity contribution in [2.75, 3.05) is 11.9 Å². The number of nitrogens with zero attached hydrogens (tertiary/aromatic N) is 5. The molecule has 1 N–H and O–H groups in total. The van der Waals surface area contributed by atoms with Gasteiger partial charge in [-0.1, -0.05) is 5.16 Å². The number of aromatic nitrogens is 5. The number of hydrogen-bond acceptors (Lipinski definition) is 7. The van der Waals surface area contributed by atoms with Gasteiger partial charge < -0.3 is 9.84 Å². The van der Waals surface area contributed by atoms with E-state index < -0.39 is 0 Å². The van der Waals surface area contributed by atoms with Crippen molar-refractivity contribution >= 4 is 5.82 Å². The van der Waals surface area contributed by atoms with Crippen LogP contribution in [0.25, 0.3) is 11.4 Å². The summed E-state index contributed by atoms with van der Waals surface area (Å²) in [7, 11) is 0. The van der Waals surface area contributed by atoms with Gasteiger partial charge in [-0.25, -0.2) is 9.97 Å². The Balaban J connectivity index is 1.47. The summed E-state index contributed by atoms with van der Waals surface area (Å²) in [4.78, 5) is 17.9. The molecule has 3 aromatic heterocycles. The molecular formula is C18H20N6O. The maximum absolute atomic E-state index is 5.15. The quantitative estimate of drug-likeness (QED) is 0.692. The van der Waals surface area contributed by atoms with Gasteiger partial charge in [-0.15, -0.1) is 0 Å². The molecule has 3 heterocycles. The van der Waals surface area contributed by atoms with E-state index in [1.165, 1.54) is 5.56 Å². The highest BCUT2D eigenvalue weighted by Gasteiger charge is 2.19. The van der Waals surface area contributed by atoms with Crippen LogP contribution in [0.3, 0.4) is 0 Å². The van der Waals surface area contributed by atoms with Crippen LogP contribution >= 0.6 is 0 Å². The zero-order chi connectivity index (χ0) is 17.1. The van der Waals surface area contributed by atoms with E-state index in [-0.39, 0.29) is 0 Å². The van der Waals surface area contributed by atoms with Gasteiger partial charge >= 0.3 is 0 Å². The van der Waals surface area contributed by atoms with Crippen molar-refractivity contribution in [2.24, 2.45) is 0 Å². The summed E-state index contributed by atoms with van der Waals surface area (Å²) in [6.45, 7) is 2.63. The first kappa shape index (κ1) is 15.7. The lowest BCUT2D eigenvalue weighted by Crippen LogP contribution is -2.09. The molecule has 1 aliphatic rings. The van der Waals surface area contributed by atoms with Crippen molar-refractivity contribution in [3.05, 3.63) is 47.5 Å². The molecule has 1 aliphatic carbocycles. The van der Waals surface area contributed by atoms with Crippen LogP contribution < -0.4 is 5.32 Å². The molecule has 7 heteroatoms. The van der Waals surface area contributed by atoms with Gasteiger partial charge in [-0.2, -0.15) is 4.98 Å². The maximum Gasteiger partial charge on any atom is 0.226 e. The zero-order valence-electron chi connectivity index (χ0n) is 14.2.